The number of fused-ring (bicyclic) bond motifs is 1. The lowest BCUT2D eigenvalue weighted by Gasteiger charge is -2.34. The molecule has 0 aromatic carbocycles. The first-order valence-corrected chi connectivity index (χ1v) is 13.9. The highest BCUT2D eigenvalue weighted by Crippen LogP contribution is 2.23. The summed E-state index contributed by atoms with van der Waals surface area (Å²) in [7, 11) is 0. The monoisotopic (exact) mass is 517 g/mol. The van der Waals surface area contributed by atoms with Crippen molar-refractivity contribution < 1.29 is 24.2 Å². The average Bonchev–Trinajstić information content (AvgIpc) is 3.72. The summed E-state index contributed by atoms with van der Waals surface area (Å²) in [5.41, 5.74) is 2.42. The SMILES string of the molecule is CC1COCCN1C(=O)NC(CCN(CCCCc1ccc2c(n1)NCCC2)CCOC1CC1)C(=O)O. The number of rotatable bonds is 14. The van der Waals surface area contributed by atoms with E-state index >= 15 is 0 Å². The van der Waals surface area contributed by atoms with Crippen molar-refractivity contribution in [2.45, 2.75) is 76.5 Å². The number of amides is 2. The third-order valence-corrected chi connectivity index (χ3v) is 7.35. The summed E-state index contributed by atoms with van der Waals surface area (Å²) >= 11 is 0. The molecular weight excluding hydrogens is 474 g/mol. The van der Waals surface area contributed by atoms with Gasteiger partial charge in [-0.1, -0.05) is 6.07 Å². The van der Waals surface area contributed by atoms with E-state index in [0.29, 0.717) is 45.4 Å². The molecule has 1 aliphatic carbocycles. The van der Waals surface area contributed by atoms with Gasteiger partial charge in [0.15, 0.2) is 0 Å². The molecule has 3 heterocycles. The van der Waals surface area contributed by atoms with Crippen molar-refractivity contribution in [3.8, 4) is 0 Å². The van der Waals surface area contributed by atoms with Gasteiger partial charge in [0.1, 0.15) is 11.9 Å². The molecule has 1 saturated heterocycles. The van der Waals surface area contributed by atoms with Crippen molar-refractivity contribution in [3.63, 3.8) is 0 Å². The van der Waals surface area contributed by atoms with E-state index in [1.807, 2.05) is 6.92 Å². The molecule has 37 heavy (non-hydrogen) atoms. The lowest BCUT2D eigenvalue weighted by Crippen LogP contribution is -2.55. The number of nitrogens with zero attached hydrogens (tertiary/aromatic N) is 3. The number of morpholine rings is 1. The van der Waals surface area contributed by atoms with Crippen LogP contribution < -0.4 is 10.6 Å². The lowest BCUT2D eigenvalue weighted by atomic mass is 10.1. The van der Waals surface area contributed by atoms with E-state index in [-0.39, 0.29) is 12.1 Å². The van der Waals surface area contributed by atoms with Crippen molar-refractivity contribution in [2.24, 2.45) is 0 Å². The number of nitrogens with one attached hydrogen (secondary N) is 2. The van der Waals surface area contributed by atoms with E-state index in [9.17, 15) is 14.7 Å². The van der Waals surface area contributed by atoms with Crippen LogP contribution in [0.2, 0.25) is 0 Å². The molecule has 2 atom stereocenters. The van der Waals surface area contributed by atoms with Gasteiger partial charge >= 0.3 is 12.0 Å². The van der Waals surface area contributed by atoms with Gasteiger partial charge in [0.05, 0.1) is 32.0 Å². The summed E-state index contributed by atoms with van der Waals surface area (Å²) in [6, 6.07) is 3.01. The van der Waals surface area contributed by atoms with Crippen molar-refractivity contribution in [1.82, 2.24) is 20.1 Å². The molecule has 10 heteroatoms. The fourth-order valence-corrected chi connectivity index (χ4v) is 4.90. The summed E-state index contributed by atoms with van der Waals surface area (Å²) in [4.78, 5) is 33.4. The highest BCUT2D eigenvalue weighted by atomic mass is 16.5. The summed E-state index contributed by atoms with van der Waals surface area (Å²) < 4.78 is 11.2. The fourth-order valence-electron chi connectivity index (χ4n) is 4.90. The highest BCUT2D eigenvalue weighted by molar-refractivity contribution is 5.82. The normalized spacial score (nSPS) is 20.3. The minimum atomic E-state index is -1.00. The molecule has 3 N–H and O–H groups in total. The Balaban J connectivity index is 1.24. The zero-order valence-corrected chi connectivity index (χ0v) is 22.1. The maximum atomic E-state index is 12.7. The largest absolute Gasteiger partial charge is 0.480 e. The molecule has 2 unspecified atom stereocenters. The molecule has 10 nitrogen and oxygen atoms in total. The Kier molecular flexibility index (Phi) is 10.4. The molecule has 3 aliphatic rings. The van der Waals surface area contributed by atoms with Crippen molar-refractivity contribution in [1.29, 1.82) is 0 Å². The van der Waals surface area contributed by atoms with Gasteiger partial charge in [-0.25, -0.2) is 14.6 Å². The number of carboxylic acids is 1. The Bertz CT molecular complexity index is 896. The summed E-state index contributed by atoms with van der Waals surface area (Å²) in [6.45, 7) is 7.18. The van der Waals surface area contributed by atoms with Crippen molar-refractivity contribution >= 4 is 17.8 Å². The number of aliphatic carboxylic acids is 1. The van der Waals surface area contributed by atoms with Crippen LogP contribution in [0.3, 0.4) is 0 Å². The van der Waals surface area contributed by atoms with Crippen molar-refractivity contribution in [3.05, 3.63) is 23.4 Å². The number of urea groups is 1. The first-order valence-electron chi connectivity index (χ1n) is 13.9. The van der Waals surface area contributed by atoms with E-state index in [2.05, 4.69) is 27.7 Å². The first kappa shape index (κ1) is 27.6. The van der Waals surface area contributed by atoms with Crippen LogP contribution in [-0.2, 0) is 27.1 Å². The molecule has 0 bridgehead atoms. The maximum Gasteiger partial charge on any atom is 0.326 e. The standard InChI is InChI=1S/C27H43N5O5/c1-20-19-36-17-16-32(20)27(35)30-24(26(33)34)11-14-31(15-18-37-23-9-10-23)13-3-2-6-22-8-7-21-5-4-12-28-25(21)29-22/h7-8,20,23-24H,2-6,9-19H2,1H3,(H,28,29)(H,30,35)(H,33,34). The van der Waals surface area contributed by atoms with E-state index in [0.717, 1.165) is 76.1 Å². The van der Waals surface area contributed by atoms with Crippen LogP contribution in [0, 0.1) is 0 Å². The van der Waals surface area contributed by atoms with Crippen LogP contribution >= 0.6 is 0 Å². The van der Waals surface area contributed by atoms with Gasteiger partial charge in [-0.3, -0.25) is 0 Å². The molecule has 0 radical (unpaired) electrons. The number of unbranched alkanes of at least 4 members (excludes halogenated alkanes) is 1. The molecule has 4 rings (SSSR count). The zero-order chi connectivity index (χ0) is 26.0. The van der Waals surface area contributed by atoms with Crippen LogP contribution in [0.5, 0.6) is 0 Å². The number of carbonyl (C=O) groups is 2. The number of ether oxygens (including phenoxy) is 2. The van der Waals surface area contributed by atoms with Gasteiger partial charge in [-0.05, 0) is 76.5 Å². The Morgan fingerprint density at radius 2 is 2.16 bits per heavy atom. The number of pyridine rings is 1. The highest BCUT2D eigenvalue weighted by Gasteiger charge is 2.28. The van der Waals surface area contributed by atoms with Crippen LogP contribution in [-0.4, -0.2) is 103 Å². The number of aromatic nitrogens is 1. The smallest absolute Gasteiger partial charge is 0.326 e. The molecule has 1 aromatic heterocycles. The van der Waals surface area contributed by atoms with Crippen LogP contribution in [0.15, 0.2) is 12.1 Å². The molecule has 2 fully saturated rings. The molecular formula is C27H43N5O5. The molecule has 2 amide bonds. The Hall–Kier alpha value is -2.43. The molecule has 2 aliphatic heterocycles. The van der Waals surface area contributed by atoms with Gasteiger partial charge < -0.3 is 35.0 Å². The summed E-state index contributed by atoms with van der Waals surface area (Å²) in [5, 5.41) is 15.9. The Morgan fingerprint density at radius 3 is 2.95 bits per heavy atom. The number of anilines is 1. The fraction of sp³-hybridized carbons (Fsp3) is 0.741. The van der Waals surface area contributed by atoms with Gasteiger partial charge in [-0.2, -0.15) is 0 Å². The molecule has 1 saturated carbocycles. The third kappa shape index (κ3) is 8.83. The van der Waals surface area contributed by atoms with E-state index in [1.54, 1.807) is 4.90 Å². The Labute approximate surface area is 220 Å². The Morgan fingerprint density at radius 1 is 1.30 bits per heavy atom. The predicted molar refractivity (Wildman–Crippen MR) is 141 cm³/mol. The number of carboxylic acid groups (broad SMARTS) is 1. The maximum absolute atomic E-state index is 12.7. The second-order valence-electron chi connectivity index (χ2n) is 10.5. The lowest BCUT2D eigenvalue weighted by molar-refractivity contribution is -0.139. The zero-order valence-electron chi connectivity index (χ0n) is 22.1. The van der Waals surface area contributed by atoms with E-state index in [4.69, 9.17) is 14.5 Å². The summed E-state index contributed by atoms with van der Waals surface area (Å²) in [6.07, 6.45) is 8.20. The van der Waals surface area contributed by atoms with E-state index in [1.165, 1.54) is 5.56 Å². The van der Waals surface area contributed by atoms with Gasteiger partial charge in [0.2, 0.25) is 0 Å². The minimum Gasteiger partial charge on any atom is -0.480 e. The van der Waals surface area contributed by atoms with Gasteiger partial charge in [-0.15, -0.1) is 0 Å². The van der Waals surface area contributed by atoms with Gasteiger partial charge in [0, 0.05) is 31.9 Å². The number of hydrogen-bond donors (Lipinski definition) is 3. The number of aryl methyl sites for hydroxylation is 2. The second-order valence-corrected chi connectivity index (χ2v) is 10.5. The van der Waals surface area contributed by atoms with Crippen molar-refractivity contribution in [2.75, 3.05) is 57.9 Å². The second kappa shape index (κ2) is 13.9. The number of hydrogen-bond acceptors (Lipinski definition) is 7. The minimum absolute atomic E-state index is 0.0698. The molecule has 1 aromatic rings. The topological polar surface area (TPSA) is 116 Å². The third-order valence-electron chi connectivity index (χ3n) is 7.35. The molecule has 206 valence electrons. The van der Waals surface area contributed by atoms with Gasteiger partial charge in [0.25, 0.3) is 0 Å². The van der Waals surface area contributed by atoms with Crippen LogP contribution in [0.25, 0.3) is 0 Å². The summed E-state index contributed by atoms with van der Waals surface area (Å²) in [5.74, 6) is 0.0337. The first-order chi connectivity index (χ1) is 18.0. The van der Waals surface area contributed by atoms with Crippen LogP contribution in [0.4, 0.5) is 10.6 Å². The number of carbonyl (C=O) groups excluding carboxylic acids is 1. The van der Waals surface area contributed by atoms with E-state index < -0.39 is 12.0 Å². The quantitative estimate of drug-likeness (QED) is 0.323. The molecule has 0 spiro atoms. The van der Waals surface area contributed by atoms with Crippen LogP contribution in [0.1, 0.15) is 56.7 Å². The predicted octanol–water partition coefficient (Wildman–Crippen LogP) is 2.52. The average molecular weight is 518 g/mol.